The largest absolute Gasteiger partial charge is 0.338 e. The molecule has 2 fully saturated rings. The van der Waals surface area contributed by atoms with Crippen molar-refractivity contribution in [3.05, 3.63) is 22.4 Å². The van der Waals surface area contributed by atoms with E-state index in [-0.39, 0.29) is 17.9 Å². The smallest absolute Gasteiger partial charge is 0.245 e. The lowest BCUT2D eigenvalue weighted by molar-refractivity contribution is -0.143. The highest BCUT2D eigenvalue weighted by Crippen LogP contribution is 2.25. The molecule has 0 bridgehead atoms. The first-order valence-electron chi connectivity index (χ1n) is 8.02. The molecule has 0 aliphatic carbocycles. The van der Waals surface area contributed by atoms with Crippen molar-refractivity contribution in [1.82, 2.24) is 14.7 Å². The zero-order chi connectivity index (χ0) is 15.5. The fourth-order valence-corrected chi connectivity index (χ4v) is 3.96. The van der Waals surface area contributed by atoms with E-state index in [4.69, 9.17) is 0 Å². The molecule has 0 aromatic carbocycles. The summed E-state index contributed by atoms with van der Waals surface area (Å²) in [4.78, 5) is 32.2. The van der Waals surface area contributed by atoms with Crippen LogP contribution in [0.5, 0.6) is 0 Å². The van der Waals surface area contributed by atoms with Crippen molar-refractivity contribution in [2.45, 2.75) is 32.4 Å². The van der Waals surface area contributed by atoms with Crippen molar-refractivity contribution in [3.8, 4) is 0 Å². The minimum absolute atomic E-state index is 0.110. The number of nitrogens with zero attached hydrogens (tertiary/aromatic N) is 3. The molecule has 5 nitrogen and oxygen atoms in total. The molecule has 1 aromatic heterocycles. The normalized spacial score (nSPS) is 23.3. The molecule has 2 aliphatic heterocycles. The Labute approximate surface area is 135 Å². The molecule has 2 saturated heterocycles. The molecular weight excluding hydrogens is 298 g/mol. The van der Waals surface area contributed by atoms with Crippen molar-refractivity contribution in [3.63, 3.8) is 0 Å². The fraction of sp³-hybridized carbons (Fsp3) is 0.625. The van der Waals surface area contributed by atoms with E-state index in [0.29, 0.717) is 19.4 Å². The number of likely N-dealkylation sites (tertiary alicyclic amines) is 1. The summed E-state index contributed by atoms with van der Waals surface area (Å²) in [7, 11) is 0. The molecule has 1 aromatic rings. The molecule has 6 heteroatoms. The van der Waals surface area contributed by atoms with Crippen LogP contribution >= 0.6 is 11.3 Å². The van der Waals surface area contributed by atoms with E-state index in [1.807, 2.05) is 22.4 Å². The van der Waals surface area contributed by atoms with E-state index in [2.05, 4.69) is 11.8 Å². The van der Waals surface area contributed by atoms with Gasteiger partial charge in [-0.15, -0.1) is 11.3 Å². The number of piperazine rings is 1. The van der Waals surface area contributed by atoms with Gasteiger partial charge in [0.25, 0.3) is 0 Å². The number of hydrogen-bond acceptors (Lipinski definition) is 4. The fourth-order valence-electron chi connectivity index (χ4n) is 3.25. The third-order valence-corrected chi connectivity index (χ3v) is 5.51. The van der Waals surface area contributed by atoms with Gasteiger partial charge >= 0.3 is 0 Å². The van der Waals surface area contributed by atoms with Crippen molar-refractivity contribution in [2.24, 2.45) is 0 Å². The summed E-state index contributed by atoms with van der Waals surface area (Å²) < 4.78 is 0. The topological polar surface area (TPSA) is 43.9 Å². The maximum atomic E-state index is 12.8. The van der Waals surface area contributed by atoms with Crippen molar-refractivity contribution < 1.29 is 9.59 Å². The second-order valence-corrected chi connectivity index (χ2v) is 6.95. The number of amides is 2. The highest BCUT2D eigenvalue weighted by atomic mass is 32.1. The van der Waals surface area contributed by atoms with Gasteiger partial charge in [0.2, 0.25) is 11.8 Å². The Kier molecular flexibility index (Phi) is 4.78. The molecule has 120 valence electrons. The summed E-state index contributed by atoms with van der Waals surface area (Å²) in [5.41, 5.74) is 0. The summed E-state index contributed by atoms with van der Waals surface area (Å²) in [6, 6.07) is 3.75. The Hall–Kier alpha value is -1.40. The summed E-state index contributed by atoms with van der Waals surface area (Å²) in [6.45, 7) is 7.20. The van der Waals surface area contributed by atoms with Crippen LogP contribution in [0.2, 0.25) is 0 Å². The van der Waals surface area contributed by atoms with Crippen LogP contribution in [-0.2, 0) is 16.1 Å². The van der Waals surface area contributed by atoms with Gasteiger partial charge in [0, 0.05) is 37.5 Å². The quantitative estimate of drug-likeness (QED) is 0.842. The van der Waals surface area contributed by atoms with Crippen LogP contribution in [0, 0.1) is 0 Å². The van der Waals surface area contributed by atoms with Crippen LogP contribution in [0.3, 0.4) is 0 Å². The van der Waals surface area contributed by atoms with Gasteiger partial charge in [-0.05, 0) is 24.4 Å². The first kappa shape index (κ1) is 15.5. The van der Waals surface area contributed by atoms with Crippen LogP contribution in [0.25, 0.3) is 0 Å². The Bertz CT molecular complexity index is 524. The second kappa shape index (κ2) is 6.79. The predicted octanol–water partition coefficient (Wildman–Crippen LogP) is 1.40. The molecule has 3 heterocycles. The van der Waals surface area contributed by atoms with Crippen molar-refractivity contribution >= 4 is 23.2 Å². The number of carbonyl (C=O) groups is 2. The van der Waals surface area contributed by atoms with Crippen molar-refractivity contribution in [1.29, 1.82) is 0 Å². The highest BCUT2D eigenvalue weighted by Gasteiger charge is 2.38. The van der Waals surface area contributed by atoms with E-state index in [1.165, 1.54) is 0 Å². The van der Waals surface area contributed by atoms with Gasteiger partial charge in [0.1, 0.15) is 6.04 Å². The molecule has 2 amide bonds. The lowest BCUT2D eigenvalue weighted by Crippen LogP contribution is -2.53. The first-order valence-corrected chi connectivity index (χ1v) is 8.90. The molecule has 0 spiro atoms. The molecule has 0 radical (unpaired) electrons. The SMILES string of the molecule is CCN1CCN(C(=O)C2CCC(=O)N2Cc2cccs2)CC1. The molecule has 2 aliphatic rings. The third kappa shape index (κ3) is 3.17. The van der Waals surface area contributed by atoms with Gasteiger partial charge in [-0.3, -0.25) is 9.59 Å². The average Bonchev–Trinajstić information content (AvgIpc) is 3.18. The van der Waals surface area contributed by atoms with Gasteiger partial charge in [0.15, 0.2) is 0 Å². The maximum absolute atomic E-state index is 12.8. The summed E-state index contributed by atoms with van der Waals surface area (Å²) in [5.74, 6) is 0.247. The average molecular weight is 321 g/mol. The number of likely N-dealkylation sites (N-methyl/N-ethyl adjacent to an activating group) is 1. The number of hydrogen-bond donors (Lipinski definition) is 0. The number of thiophene rings is 1. The van der Waals surface area contributed by atoms with Crippen LogP contribution in [0.15, 0.2) is 17.5 Å². The van der Waals surface area contributed by atoms with E-state index < -0.39 is 0 Å². The Morgan fingerprint density at radius 1 is 1.32 bits per heavy atom. The minimum Gasteiger partial charge on any atom is -0.338 e. The summed E-state index contributed by atoms with van der Waals surface area (Å²) in [5, 5.41) is 2.01. The number of carbonyl (C=O) groups excluding carboxylic acids is 2. The maximum Gasteiger partial charge on any atom is 0.245 e. The van der Waals surface area contributed by atoms with Crippen molar-refractivity contribution in [2.75, 3.05) is 32.7 Å². The van der Waals surface area contributed by atoms with E-state index in [1.54, 1.807) is 16.2 Å². The monoisotopic (exact) mass is 321 g/mol. The lowest BCUT2D eigenvalue weighted by atomic mass is 10.1. The van der Waals surface area contributed by atoms with E-state index in [0.717, 1.165) is 37.6 Å². The minimum atomic E-state index is -0.261. The molecule has 1 atom stereocenters. The van der Waals surface area contributed by atoms with Gasteiger partial charge in [-0.1, -0.05) is 13.0 Å². The molecule has 22 heavy (non-hydrogen) atoms. The summed E-state index contributed by atoms with van der Waals surface area (Å²) in [6.07, 6.45) is 1.16. The molecule has 3 rings (SSSR count). The Balaban J connectivity index is 1.64. The predicted molar refractivity (Wildman–Crippen MR) is 86.6 cm³/mol. The van der Waals surface area contributed by atoms with Crippen LogP contribution in [0.4, 0.5) is 0 Å². The Morgan fingerprint density at radius 3 is 2.73 bits per heavy atom. The van der Waals surface area contributed by atoms with Gasteiger partial charge in [0.05, 0.1) is 6.54 Å². The standard InChI is InChI=1S/C16H23N3O2S/c1-2-17-7-9-18(10-8-17)16(21)14-5-6-15(20)19(14)12-13-4-3-11-22-13/h3-4,11,14H,2,5-10,12H2,1H3. The van der Waals surface area contributed by atoms with Crippen LogP contribution in [0.1, 0.15) is 24.6 Å². The second-order valence-electron chi connectivity index (χ2n) is 5.92. The van der Waals surface area contributed by atoms with E-state index >= 15 is 0 Å². The number of rotatable bonds is 4. The lowest BCUT2D eigenvalue weighted by Gasteiger charge is -2.36. The molecular formula is C16H23N3O2S. The van der Waals surface area contributed by atoms with Gasteiger partial charge in [-0.25, -0.2) is 0 Å². The van der Waals surface area contributed by atoms with Gasteiger partial charge < -0.3 is 14.7 Å². The third-order valence-electron chi connectivity index (χ3n) is 4.65. The first-order chi connectivity index (χ1) is 10.7. The van der Waals surface area contributed by atoms with Crippen LogP contribution < -0.4 is 0 Å². The molecule has 1 unspecified atom stereocenters. The van der Waals surface area contributed by atoms with E-state index in [9.17, 15) is 9.59 Å². The molecule has 0 saturated carbocycles. The van der Waals surface area contributed by atoms with Crippen LogP contribution in [-0.4, -0.2) is 65.3 Å². The van der Waals surface area contributed by atoms with Gasteiger partial charge in [-0.2, -0.15) is 0 Å². The summed E-state index contributed by atoms with van der Waals surface area (Å²) >= 11 is 1.64. The Morgan fingerprint density at radius 2 is 2.09 bits per heavy atom. The molecule has 0 N–H and O–H groups in total. The zero-order valence-electron chi connectivity index (χ0n) is 13.0. The highest BCUT2D eigenvalue weighted by molar-refractivity contribution is 7.09. The zero-order valence-corrected chi connectivity index (χ0v) is 13.8.